The lowest BCUT2D eigenvalue weighted by molar-refractivity contribution is 0.402. The number of nitrogens with zero attached hydrogens (tertiary/aromatic N) is 1. The van der Waals surface area contributed by atoms with Gasteiger partial charge in [0.25, 0.3) is 0 Å². The second-order valence-electron chi connectivity index (χ2n) is 4.50. The van der Waals surface area contributed by atoms with Crippen molar-refractivity contribution in [3.8, 4) is 0 Å². The number of benzene rings is 1. The SMILES string of the molecule is CCC1CNC(C)CN1c1cccc(F)c1. The maximum atomic E-state index is 13.2. The first kappa shape index (κ1) is 11.4. The van der Waals surface area contributed by atoms with E-state index in [9.17, 15) is 4.39 Å². The highest BCUT2D eigenvalue weighted by atomic mass is 19.1. The number of anilines is 1. The van der Waals surface area contributed by atoms with Gasteiger partial charge in [0.15, 0.2) is 0 Å². The number of hydrogen-bond donors (Lipinski definition) is 1. The van der Waals surface area contributed by atoms with E-state index in [1.807, 2.05) is 6.07 Å². The van der Waals surface area contributed by atoms with Crippen molar-refractivity contribution in [2.24, 2.45) is 0 Å². The molecule has 1 fully saturated rings. The minimum absolute atomic E-state index is 0.154. The van der Waals surface area contributed by atoms with Gasteiger partial charge in [0, 0.05) is 30.9 Å². The molecule has 1 aromatic rings. The van der Waals surface area contributed by atoms with E-state index in [2.05, 4.69) is 24.1 Å². The van der Waals surface area contributed by atoms with Crippen LogP contribution < -0.4 is 10.2 Å². The van der Waals surface area contributed by atoms with E-state index in [4.69, 9.17) is 0 Å². The van der Waals surface area contributed by atoms with Gasteiger partial charge in [-0.15, -0.1) is 0 Å². The summed E-state index contributed by atoms with van der Waals surface area (Å²) in [4.78, 5) is 2.31. The van der Waals surface area contributed by atoms with Gasteiger partial charge in [-0.1, -0.05) is 13.0 Å². The van der Waals surface area contributed by atoms with Crippen molar-refractivity contribution in [1.29, 1.82) is 0 Å². The highest BCUT2D eigenvalue weighted by molar-refractivity contribution is 5.48. The molecule has 1 aliphatic heterocycles. The predicted molar refractivity (Wildman–Crippen MR) is 65.3 cm³/mol. The molecule has 1 aromatic carbocycles. The molecule has 1 aliphatic rings. The average molecular weight is 222 g/mol. The molecule has 0 spiro atoms. The molecule has 0 radical (unpaired) electrons. The van der Waals surface area contributed by atoms with Gasteiger partial charge in [-0.3, -0.25) is 0 Å². The largest absolute Gasteiger partial charge is 0.366 e. The Labute approximate surface area is 96.5 Å². The molecule has 0 saturated carbocycles. The Morgan fingerprint density at radius 1 is 1.50 bits per heavy atom. The van der Waals surface area contributed by atoms with Crippen LogP contribution in [0.4, 0.5) is 10.1 Å². The standard InChI is InChI=1S/C13H19FN2/c1-3-12-8-15-10(2)9-16(12)13-6-4-5-11(14)7-13/h4-7,10,12,15H,3,8-9H2,1-2H3. The summed E-state index contributed by atoms with van der Waals surface area (Å²) < 4.78 is 13.2. The van der Waals surface area contributed by atoms with Crippen molar-refractivity contribution in [2.75, 3.05) is 18.0 Å². The molecule has 0 aliphatic carbocycles. The van der Waals surface area contributed by atoms with Crippen LogP contribution in [0, 0.1) is 5.82 Å². The number of nitrogens with one attached hydrogen (secondary N) is 1. The maximum absolute atomic E-state index is 13.2. The van der Waals surface area contributed by atoms with Gasteiger partial charge in [0.1, 0.15) is 5.82 Å². The number of halogens is 1. The van der Waals surface area contributed by atoms with Crippen molar-refractivity contribution < 1.29 is 4.39 Å². The maximum Gasteiger partial charge on any atom is 0.125 e. The summed E-state index contributed by atoms with van der Waals surface area (Å²) in [5, 5.41) is 3.46. The predicted octanol–water partition coefficient (Wildman–Crippen LogP) is 2.40. The van der Waals surface area contributed by atoms with Gasteiger partial charge >= 0.3 is 0 Å². The van der Waals surface area contributed by atoms with Crippen molar-refractivity contribution >= 4 is 5.69 Å². The molecule has 0 bridgehead atoms. The summed E-state index contributed by atoms with van der Waals surface area (Å²) in [5.41, 5.74) is 1.00. The monoisotopic (exact) mass is 222 g/mol. The smallest absolute Gasteiger partial charge is 0.125 e. The summed E-state index contributed by atoms with van der Waals surface area (Å²) in [6.07, 6.45) is 1.08. The first-order chi connectivity index (χ1) is 7.70. The van der Waals surface area contributed by atoms with E-state index >= 15 is 0 Å². The Bertz CT molecular complexity index is 354. The van der Waals surface area contributed by atoms with Crippen LogP contribution in [-0.4, -0.2) is 25.2 Å². The number of rotatable bonds is 2. The van der Waals surface area contributed by atoms with Gasteiger partial charge in [-0.25, -0.2) is 4.39 Å². The fourth-order valence-corrected chi connectivity index (χ4v) is 2.29. The van der Waals surface area contributed by atoms with Gasteiger partial charge in [0.05, 0.1) is 0 Å². The topological polar surface area (TPSA) is 15.3 Å². The van der Waals surface area contributed by atoms with Gasteiger partial charge in [0.2, 0.25) is 0 Å². The highest BCUT2D eigenvalue weighted by Gasteiger charge is 2.24. The molecule has 0 aromatic heterocycles. The van der Waals surface area contributed by atoms with Crippen molar-refractivity contribution in [3.05, 3.63) is 30.1 Å². The fraction of sp³-hybridized carbons (Fsp3) is 0.538. The summed E-state index contributed by atoms with van der Waals surface area (Å²) in [7, 11) is 0. The van der Waals surface area contributed by atoms with Crippen LogP contribution in [0.1, 0.15) is 20.3 Å². The molecule has 3 heteroatoms. The van der Waals surface area contributed by atoms with Crippen LogP contribution >= 0.6 is 0 Å². The Morgan fingerprint density at radius 3 is 3.00 bits per heavy atom. The van der Waals surface area contributed by atoms with Gasteiger partial charge in [-0.05, 0) is 31.5 Å². The molecule has 2 atom stereocenters. The third kappa shape index (κ3) is 2.35. The molecule has 2 rings (SSSR count). The first-order valence-corrected chi connectivity index (χ1v) is 5.96. The average Bonchev–Trinajstić information content (AvgIpc) is 2.29. The Balaban J connectivity index is 2.22. The van der Waals surface area contributed by atoms with E-state index in [0.717, 1.165) is 25.2 Å². The second kappa shape index (κ2) is 4.83. The Kier molecular flexibility index (Phi) is 3.44. The van der Waals surface area contributed by atoms with Crippen molar-refractivity contribution in [3.63, 3.8) is 0 Å². The van der Waals surface area contributed by atoms with Crippen LogP contribution in [0.3, 0.4) is 0 Å². The lowest BCUT2D eigenvalue weighted by Gasteiger charge is -2.40. The van der Waals surface area contributed by atoms with Crippen LogP contribution in [0.25, 0.3) is 0 Å². The molecule has 88 valence electrons. The first-order valence-electron chi connectivity index (χ1n) is 5.96. The van der Waals surface area contributed by atoms with Crippen molar-refractivity contribution in [1.82, 2.24) is 5.32 Å². The Hall–Kier alpha value is -1.09. The summed E-state index contributed by atoms with van der Waals surface area (Å²) in [5.74, 6) is -0.154. The molecule has 2 unspecified atom stereocenters. The van der Waals surface area contributed by atoms with E-state index < -0.39 is 0 Å². The van der Waals surface area contributed by atoms with Gasteiger partial charge in [-0.2, -0.15) is 0 Å². The zero-order valence-electron chi connectivity index (χ0n) is 9.91. The highest BCUT2D eigenvalue weighted by Crippen LogP contribution is 2.22. The van der Waals surface area contributed by atoms with Crippen molar-refractivity contribution in [2.45, 2.75) is 32.4 Å². The molecular formula is C13H19FN2. The van der Waals surface area contributed by atoms with E-state index in [1.165, 1.54) is 6.07 Å². The summed E-state index contributed by atoms with van der Waals surface area (Å²) >= 11 is 0. The third-order valence-electron chi connectivity index (χ3n) is 3.22. The minimum Gasteiger partial charge on any atom is -0.366 e. The lowest BCUT2D eigenvalue weighted by Crippen LogP contribution is -2.55. The van der Waals surface area contributed by atoms with E-state index in [0.29, 0.717) is 12.1 Å². The van der Waals surface area contributed by atoms with Crippen LogP contribution in [-0.2, 0) is 0 Å². The normalized spacial score (nSPS) is 25.8. The van der Waals surface area contributed by atoms with Gasteiger partial charge < -0.3 is 10.2 Å². The fourth-order valence-electron chi connectivity index (χ4n) is 2.29. The summed E-state index contributed by atoms with van der Waals surface area (Å²) in [6, 6.07) is 7.83. The molecule has 1 heterocycles. The molecule has 1 saturated heterocycles. The molecular weight excluding hydrogens is 203 g/mol. The lowest BCUT2D eigenvalue weighted by atomic mass is 10.1. The Morgan fingerprint density at radius 2 is 2.31 bits per heavy atom. The zero-order valence-corrected chi connectivity index (χ0v) is 9.91. The number of piperazine rings is 1. The van der Waals surface area contributed by atoms with Crippen LogP contribution in [0.5, 0.6) is 0 Å². The number of hydrogen-bond acceptors (Lipinski definition) is 2. The molecule has 2 nitrogen and oxygen atoms in total. The zero-order chi connectivity index (χ0) is 11.5. The second-order valence-corrected chi connectivity index (χ2v) is 4.50. The molecule has 1 N–H and O–H groups in total. The van der Waals surface area contributed by atoms with E-state index in [-0.39, 0.29) is 5.82 Å². The van der Waals surface area contributed by atoms with Crippen LogP contribution in [0.2, 0.25) is 0 Å². The summed E-state index contributed by atoms with van der Waals surface area (Å²) in [6.45, 7) is 6.27. The molecule has 16 heavy (non-hydrogen) atoms. The molecule has 0 amide bonds. The van der Waals surface area contributed by atoms with Crippen LogP contribution in [0.15, 0.2) is 24.3 Å². The third-order valence-corrected chi connectivity index (χ3v) is 3.22. The minimum atomic E-state index is -0.154. The quantitative estimate of drug-likeness (QED) is 0.826. The van der Waals surface area contributed by atoms with E-state index in [1.54, 1.807) is 12.1 Å².